The first-order chi connectivity index (χ1) is 7.33. The Morgan fingerprint density at radius 1 is 1.20 bits per heavy atom. The molecule has 2 rings (SSSR count). The lowest BCUT2D eigenvalue weighted by molar-refractivity contribution is 0.106. The molecule has 0 radical (unpaired) electrons. The standard InChI is InChI=1S/C12H17NOS/c14-12-8-4-2-6-10(12)9-5-1-3-7-11(9)13-15/h1,3,5,7,10,12-15H,2,4,6,8H2. The minimum atomic E-state index is -0.193. The molecule has 1 aliphatic carbocycles. The largest absolute Gasteiger partial charge is 0.392 e. The van der Waals surface area contributed by atoms with Gasteiger partial charge in [-0.15, -0.1) is 0 Å². The SMILES string of the molecule is OC1CCCCC1c1ccccc1NS. The number of rotatable bonds is 2. The summed E-state index contributed by atoms with van der Waals surface area (Å²) < 4.78 is 2.90. The maximum absolute atomic E-state index is 9.99. The molecule has 0 spiro atoms. The van der Waals surface area contributed by atoms with Crippen molar-refractivity contribution in [1.82, 2.24) is 0 Å². The molecule has 1 aromatic rings. The molecule has 2 atom stereocenters. The molecule has 2 nitrogen and oxygen atoms in total. The summed E-state index contributed by atoms with van der Waals surface area (Å²) in [6, 6.07) is 8.09. The van der Waals surface area contributed by atoms with Gasteiger partial charge < -0.3 is 9.83 Å². The Labute approximate surface area is 96.2 Å². The van der Waals surface area contributed by atoms with Gasteiger partial charge in [-0.05, 0) is 24.5 Å². The molecule has 15 heavy (non-hydrogen) atoms. The lowest BCUT2D eigenvalue weighted by Crippen LogP contribution is -2.23. The highest BCUT2D eigenvalue weighted by atomic mass is 32.1. The van der Waals surface area contributed by atoms with Gasteiger partial charge in [-0.3, -0.25) is 0 Å². The zero-order valence-corrected chi connectivity index (χ0v) is 9.58. The summed E-state index contributed by atoms with van der Waals surface area (Å²) in [7, 11) is 0. The summed E-state index contributed by atoms with van der Waals surface area (Å²) in [5.74, 6) is 0.273. The Morgan fingerprint density at radius 3 is 2.67 bits per heavy atom. The maximum Gasteiger partial charge on any atom is 0.0609 e. The van der Waals surface area contributed by atoms with Crippen molar-refractivity contribution >= 4 is 18.5 Å². The molecule has 2 unspecified atom stereocenters. The average molecular weight is 223 g/mol. The van der Waals surface area contributed by atoms with Crippen molar-refractivity contribution < 1.29 is 5.11 Å². The Bertz CT molecular complexity index is 329. The van der Waals surface area contributed by atoms with Crippen LogP contribution < -0.4 is 4.72 Å². The van der Waals surface area contributed by atoms with Gasteiger partial charge in [-0.25, -0.2) is 0 Å². The fourth-order valence-electron chi connectivity index (χ4n) is 2.40. The van der Waals surface area contributed by atoms with Crippen LogP contribution in [0.2, 0.25) is 0 Å². The molecule has 0 aliphatic heterocycles. The molecule has 0 bridgehead atoms. The third-order valence-corrected chi connectivity index (χ3v) is 3.45. The second kappa shape index (κ2) is 4.90. The quantitative estimate of drug-likeness (QED) is 0.674. The number of benzene rings is 1. The van der Waals surface area contributed by atoms with Crippen molar-refractivity contribution in [3.8, 4) is 0 Å². The number of hydrogen-bond donors (Lipinski definition) is 3. The summed E-state index contributed by atoms with van der Waals surface area (Å²) >= 11 is 4.10. The molecule has 1 aromatic carbocycles. The van der Waals surface area contributed by atoms with E-state index in [0.717, 1.165) is 24.9 Å². The van der Waals surface area contributed by atoms with Crippen LogP contribution in [0, 0.1) is 0 Å². The zero-order valence-electron chi connectivity index (χ0n) is 8.69. The summed E-state index contributed by atoms with van der Waals surface area (Å²) in [6.45, 7) is 0. The number of aliphatic hydroxyl groups is 1. The van der Waals surface area contributed by atoms with Crippen LogP contribution in [0.5, 0.6) is 0 Å². The van der Waals surface area contributed by atoms with Gasteiger partial charge in [-0.1, -0.05) is 43.9 Å². The topological polar surface area (TPSA) is 32.3 Å². The molecule has 1 saturated carbocycles. The van der Waals surface area contributed by atoms with Crippen molar-refractivity contribution in [2.75, 3.05) is 4.72 Å². The molecule has 3 heteroatoms. The molecular formula is C12H17NOS. The molecule has 0 saturated heterocycles. The molecule has 1 fully saturated rings. The van der Waals surface area contributed by atoms with Crippen molar-refractivity contribution in [3.63, 3.8) is 0 Å². The highest BCUT2D eigenvalue weighted by Crippen LogP contribution is 2.36. The molecule has 0 amide bonds. The molecule has 82 valence electrons. The van der Waals surface area contributed by atoms with Crippen LogP contribution in [0.25, 0.3) is 0 Å². The van der Waals surface area contributed by atoms with Crippen LogP contribution in [0.15, 0.2) is 24.3 Å². The van der Waals surface area contributed by atoms with Crippen molar-refractivity contribution in [2.24, 2.45) is 0 Å². The van der Waals surface area contributed by atoms with E-state index < -0.39 is 0 Å². The molecule has 0 aromatic heterocycles. The van der Waals surface area contributed by atoms with E-state index in [9.17, 15) is 5.11 Å². The summed E-state index contributed by atoms with van der Waals surface area (Å²) in [4.78, 5) is 0. The van der Waals surface area contributed by atoms with Gasteiger partial charge in [0.2, 0.25) is 0 Å². The van der Waals surface area contributed by atoms with Crippen LogP contribution in [0.4, 0.5) is 5.69 Å². The van der Waals surface area contributed by atoms with Crippen LogP contribution in [-0.4, -0.2) is 11.2 Å². The Morgan fingerprint density at radius 2 is 1.93 bits per heavy atom. The first-order valence-corrected chi connectivity index (χ1v) is 5.94. The van der Waals surface area contributed by atoms with E-state index in [2.05, 4.69) is 23.6 Å². The summed E-state index contributed by atoms with van der Waals surface area (Å²) in [5.41, 5.74) is 2.21. The van der Waals surface area contributed by atoms with Crippen LogP contribution in [-0.2, 0) is 0 Å². The van der Waals surface area contributed by atoms with Crippen LogP contribution in [0.3, 0.4) is 0 Å². The predicted octanol–water partition coefficient (Wildman–Crippen LogP) is 2.96. The Hall–Kier alpha value is -0.670. The van der Waals surface area contributed by atoms with Crippen molar-refractivity contribution in [3.05, 3.63) is 29.8 Å². The fraction of sp³-hybridized carbons (Fsp3) is 0.500. The van der Waals surface area contributed by atoms with Gasteiger partial charge in [0.05, 0.1) is 6.10 Å². The Kier molecular flexibility index (Phi) is 3.54. The van der Waals surface area contributed by atoms with Gasteiger partial charge in [0, 0.05) is 11.6 Å². The number of para-hydroxylation sites is 1. The van der Waals surface area contributed by atoms with E-state index in [1.807, 2.05) is 18.2 Å². The van der Waals surface area contributed by atoms with Crippen LogP contribution in [0.1, 0.15) is 37.2 Å². The number of aliphatic hydroxyl groups excluding tert-OH is 1. The van der Waals surface area contributed by atoms with E-state index in [4.69, 9.17) is 0 Å². The lowest BCUT2D eigenvalue weighted by atomic mass is 9.81. The first-order valence-electron chi connectivity index (χ1n) is 5.50. The highest BCUT2D eigenvalue weighted by molar-refractivity contribution is 7.81. The zero-order chi connectivity index (χ0) is 10.7. The van der Waals surface area contributed by atoms with Crippen molar-refractivity contribution in [1.29, 1.82) is 0 Å². The Balaban J connectivity index is 2.26. The third kappa shape index (κ3) is 2.29. The van der Waals surface area contributed by atoms with Crippen LogP contribution >= 0.6 is 12.8 Å². The van der Waals surface area contributed by atoms with E-state index >= 15 is 0 Å². The number of thiol groups is 1. The van der Waals surface area contributed by atoms with Gasteiger partial charge in [0.25, 0.3) is 0 Å². The summed E-state index contributed by atoms with van der Waals surface area (Å²) in [5, 5.41) is 9.99. The maximum atomic E-state index is 9.99. The first kappa shape index (κ1) is 10.8. The average Bonchev–Trinajstić information content (AvgIpc) is 2.30. The minimum Gasteiger partial charge on any atom is -0.392 e. The molecule has 0 heterocycles. The van der Waals surface area contributed by atoms with E-state index in [1.165, 1.54) is 12.0 Å². The number of anilines is 1. The lowest BCUT2D eigenvalue weighted by Gasteiger charge is -2.29. The monoisotopic (exact) mass is 223 g/mol. The van der Waals surface area contributed by atoms with Gasteiger partial charge in [0.1, 0.15) is 0 Å². The second-order valence-electron chi connectivity index (χ2n) is 4.16. The highest BCUT2D eigenvalue weighted by Gasteiger charge is 2.25. The van der Waals surface area contributed by atoms with E-state index in [1.54, 1.807) is 0 Å². The van der Waals surface area contributed by atoms with Gasteiger partial charge in [0.15, 0.2) is 0 Å². The van der Waals surface area contributed by atoms with E-state index in [0.29, 0.717) is 0 Å². The number of hydrogen-bond acceptors (Lipinski definition) is 3. The normalized spacial score (nSPS) is 26.3. The minimum absolute atomic E-state index is 0.193. The smallest absolute Gasteiger partial charge is 0.0609 e. The fourth-order valence-corrected chi connectivity index (χ4v) is 2.60. The van der Waals surface area contributed by atoms with E-state index in [-0.39, 0.29) is 12.0 Å². The van der Waals surface area contributed by atoms with Crippen molar-refractivity contribution in [2.45, 2.75) is 37.7 Å². The third-order valence-electron chi connectivity index (χ3n) is 3.21. The molecular weight excluding hydrogens is 206 g/mol. The second-order valence-corrected chi connectivity index (χ2v) is 4.38. The summed E-state index contributed by atoms with van der Waals surface area (Å²) in [6.07, 6.45) is 4.16. The molecule has 2 N–H and O–H groups in total. The van der Waals surface area contributed by atoms with Gasteiger partial charge >= 0.3 is 0 Å². The molecule has 1 aliphatic rings. The predicted molar refractivity (Wildman–Crippen MR) is 66.3 cm³/mol. The van der Waals surface area contributed by atoms with Gasteiger partial charge in [-0.2, -0.15) is 0 Å². The number of nitrogens with one attached hydrogen (secondary N) is 1.